The van der Waals surface area contributed by atoms with E-state index >= 15 is 0 Å². The number of hydrazone groups is 1. The lowest BCUT2D eigenvalue weighted by Crippen LogP contribution is -2.31. The molecule has 0 spiro atoms. The van der Waals surface area contributed by atoms with E-state index in [1.807, 2.05) is 6.92 Å². The Morgan fingerprint density at radius 3 is 2.82 bits per heavy atom. The summed E-state index contributed by atoms with van der Waals surface area (Å²) >= 11 is 0. The Kier molecular flexibility index (Phi) is 6.90. The summed E-state index contributed by atoms with van der Waals surface area (Å²) in [6.07, 6.45) is 4.36. The molecule has 0 saturated carbocycles. The van der Waals surface area contributed by atoms with Crippen LogP contribution in [0.4, 0.5) is 8.78 Å². The summed E-state index contributed by atoms with van der Waals surface area (Å²) in [6, 6.07) is 4.30. The number of nitrogens with one attached hydrogen (secondary N) is 1. The molecular formula is C22H25F2N7O2. The second-order valence-corrected chi connectivity index (χ2v) is 7.78. The zero-order valence-corrected chi connectivity index (χ0v) is 18.1. The van der Waals surface area contributed by atoms with Crippen molar-refractivity contribution in [1.82, 2.24) is 19.9 Å². The minimum absolute atomic E-state index is 0.0994. The van der Waals surface area contributed by atoms with Gasteiger partial charge in [0.2, 0.25) is 0 Å². The SMILES string of the molecule is CC(=NC1CCNCC1)/C(=N\N)c1cc(OCC(O)c2ccc(F)cn2)c2c(F)cnn2c1. The van der Waals surface area contributed by atoms with E-state index in [-0.39, 0.29) is 29.6 Å². The number of fused-ring (bicyclic) bond motifs is 1. The van der Waals surface area contributed by atoms with Gasteiger partial charge < -0.3 is 21.0 Å². The van der Waals surface area contributed by atoms with Crippen molar-refractivity contribution < 1.29 is 18.6 Å². The van der Waals surface area contributed by atoms with Gasteiger partial charge in [0, 0.05) is 11.8 Å². The van der Waals surface area contributed by atoms with Crippen LogP contribution in [0.1, 0.15) is 37.1 Å². The Bertz CT molecular complexity index is 1170. The smallest absolute Gasteiger partial charge is 0.172 e. The number of aromatic nitrogens is 3. The highest BCUT2D eigenvalue weighted by Gasteiger charge is 2.20. The fourth-order valence-corrected chi connectivity index (χ4v) is 3.77. The molecule has 0 bridgehead atoms. The van der Waals surface area contributed by atoms with E-state index in [1.165, 1.54) is 16.6 Å². The molecule has 4 rings (SSSR count). The van der Waals surface area contributed by atoms with Crippen molar-refractivity contribution in [2.45, 2.75) is 31.9 Å². The maximum absolute atomic E-state index is 14.4. The van der Waals surface area contributed by atoms with Crippen LogP contribution in [0.2, 0.25) is 0 Å². The predicted octanol–water partition coefficient (Wildman–Crippen LogP) is 2.00. The van der Waals surface area contributed by atoms with Gasteiger partial charge in [-0.2, -0.15) is 10.2 Å². The van der Waals surface area contributed by atoms with E-state index in [2.05, 4.69) is 20.5 Å². The second kappa shape index (κ2) is 10.0. The lowest BCUT2D eigenvalue weighted by atomic mass is 10.0. The molecule has 0 radical (unpaired) electrons. The van der Waals surface area contributed by atoms with Gasteiger partial charge in [0.1, 0.15) is 35.5 Å². The van der Waals surface area contributed by atoms with Crippen LogP contribution in [0, 0.1) is 11.6 Å². The van der Waals surface area contributed by atoms with E-state index in [9.17, 15) is 13.9 Å². The number of nitrogens with zero attached hydrogens (tertiary/aromatic N) is 5. The molecule has 3 aromatic rings. The van der Waals surface area contributed by atoms with Crippen LogP contribution >= 0.6 is 0 Å². The van der Waals surface area contributed by atoms with Crippen LogP contribution in [0.25, 0.3) is 5.52 Å². The van der Waals surface area contributed by atoms with E-state index in [4.69, 9.17) is 15.6 Å². The molecule has 1 fully saturated rings. The van der Waals surface area contributed by atoms with Gasteiger partial charge in [-0.25, -0.2) is 13.3 Å². The number of hydrogen-bond acceptors (Lipinski definition) is 8. The Morgan fingerprint density at radius 2 is 2.12 bits per heavy atom. The number of nitrogens with two attached hydrogens (primary N) is 1. The Hall–Kier alpha value is -3.44. The van der Waals surface area contributed by atoms with Gasteiger partial charge in [-0.1, -0.05) is 0 Å². The third-order valence-electron chi connectivity index (χ3n) is 5.45. The highest BCUT2D eigenvalue weighted by atomic mass is 19.1. The Labute approximate surface area is 189 Å². The average Bonchev–Trinajstić information content (AvgIpc) is 3.19. The first-order valence-corrected chi connectivity index (χ1v) is 10.6. The fourth-order valence-electron chi connectivity index (χ4n) is 3.77. The molecule has 3 aromatic heterocycles. The molecule has 1 atom stereocenters. The van der Waals surface area contributed by atoms with Gasteiger partial charge in [0.05, 0.1) is 29.8 Å². The van der Waals surface area contributed by atoms with Gasteiger partial charge >= 0.3 is 0 Å². The first kappa shape index (κ1) is 22.7. The zero-order valence-electron chi connectivity index (χ0n) is 18.1. The third kappa shape index (κ3) is 5.15. The van der Waals surface area contributed by atoms with Crippen molar-refractivity contribution in [3.8, 4) is 5.75 Å². The predicted molar refractivity (Wildman–Crippen MR) is 120 cm³/mol. The van der Waals surface area contributed by atoms with Crippen molar-refractivity contribution >= 4 is 16.9 Å². The summed E-state index contributed by atoms with van der Waals surface area (Å²) in [7, 11) is 0. The van der Waals surface area contributed by atoms with E-state index in [0.29, 0.717) is 17.0 Å². The maximum Gasteiger partial charge on any atom is 0.172 e. The summed E-state index contributed by atoms with van der Waals surface area (Å²) in [5.41, 5.74) is 1.94. The Balaban J connectivity index is 1.62. The number of piperidine rings is 1. The minimum atomic E-state index is -1.15. The van der Waals surface area contributed by atoms with Crippen LogP contribution in [0.15, 0.2) is 46.9 Å². The fraction of sp³-hybridized carbons (Fsp3) is 0.364. The van der Waals surface area contributed by atoms with E-state index in [0.717, 1.165) is 38.3 Å². The van der Waals surface area contributed by atoms with Gasteiger partial charge in [-0.05, 0) is 51.1 Å². The first-order valence-electron chi connectivity index (χ1n) is 10.6. The van der Waals surface area contributed by atoms with E-state index in [1.54, 1.807) is 12.3 Å². The quantitative estimate of drug-likeness (QED) is 0.283. The zero-order chi connectivity index (χ0) is 23.4. The van der Waals surface area contributed by atoms with Gasteiger partial charge in [0.15, 0.2) is 5.82 Å². The molecule has 11 heteroatoms. The first-order chi connectivity index (χ1) is 16.0. The van der Waals surface area contributed by atoms with Crippen molar-refractivity contribution in [1.29, 1.82) is 0 Å². The molecule has 1 aliphatic rings. The molecular weight excluding hydrogens is 432 g/mol. The number of halogens is 2. The number of aliphatic imine (C=N–C) groups is 1. The Morgan fingerprint density at radius 1 is 1.33 bits per heavy atom. The van der Waals surface area contributed by atoms with Crippen LogP contribution in [0.5, 0.6) is 5.75 Å². The average molecular weight is 457 g/mol. The van der Waals surface area contributed by atoms with Crippen LogP contribution in [0.3, 0.4) is 0 Å². The summed E-state index contributed by atoms with van der Waals surface area (Å²) in [6.45, 7) is 3.39. The lowest BCUT2D eigenvalue weighted by Gasteiger charge is -2.20. The number of aliphatic hydroxyl groups excluding tert-OH is 1. The van der Waals surface area contributed by atoms with Crippen molar-refractivity contribution in [2.75, 3.05) is 19.7 Å². The number of pyridine rings is 2. The molecule has 1 saturated heterocycles. The third-order valence-corrected chi connectivity index (χ3v) is 5.45. The minimum Gasteiger partial charge on any atom is -0.488 e. The summed E-state index contributed by atoms with van der Waals surface area (Å²) in [4.78, 5) is 8.61. The largest absolute Gasteiger partial charge is 0.488 e. The molecule has 9 nitrogen and oxygen atoms in total. The topological polar surface area (TPSA) is 122 Å². The van der Waals surface area contributed by atoms with Gasteiger partial charge in [-0.15, -0.1) is 0 Å². The van der Waals surface area contributed by atoms with Crippen molar-refractivity contribution in [3.63, 3.8) is 0 Å². The van der Waals surface area contributed by atoms with Crippen molar-refractivity contribution in [2.24, 2.45) is 15.9 Å². The number of ether oxygens (including phenoxy) is 1. The summed E-state index contributed by atoms with van der Waals surface area (Å²) in [5.74, 6) is 4.73. The molecule has 0 aromatic carbocycles. The van der Waals surface area contributed by atoms with Crippen LogP contribution < -0.4 is 15.9 Å². The normalized spacial score (nSPS) is 16.8. The summed E-state index contributed by atoms with van der Waals surface area (Å²) in [5, 5.41) is 21.6. The van der Waals surface area contributed by atoms with Crippen molar-refractivity contribution in [3.05, 3.63) is 59.7 Å². The molecule has 4 N–H and O–H groups in total. The molecule has 174 valence electrons. The van der Waals surface area contributed by atoms with Gasteiger partial charge in [-0.3, -0.25) is 9.98 Å². The van der Waals surface area contributed by atoms with E-state index < -0.39 is 17.7 Å². The maximum atomic E-state index is 14.4. The van der Waals surface area contributed by atoms with Crippen LogP contribution in [-0.2, 0) is 0 Å². The monoisotopic (exact) mass is 457 g/mol. The molecule has 33 heavy (non-hydrogen) atoms. The highest BCUT2D eigenvalue weighted by molar-refractivity contribution is 6.47. The lowest BCUT2D eigenvalue weighted by molar-refractivity contribution is 0.105. The molecule has 1 unspecified atom stereocenters. The molecule has 0 amide bonds. The van der Waals surface area contributed by atoms with Gasteiger partial charge in [0.25, 0.3) is 0 Å². The summed E-state index contributed by atoms with van der Waals surface area (Å²) < 4.78 is 34.6. The highest BCUT2D eigenvalue weighted by Crippen LogP contribution is 2.26. The molecule has 0 aliphatic carbocycles. The number of rotatable bonds is 7. The van der Waals surface area contributed by atoms with Crippen LogP contribution in [-0.4, -0.2) is 56.9 Å². The second-order valence-electron chi connectivity index (χ2n) is 7.78. The number of aliphatic hydroxyl groups is 1. The standard InChI is InChI=1S/C22H25F2N7O2/c1-13(29-16-4-6-26-7-5-16)21(30-25)14-8-20(22-17(24)10-28-31(22)11-14)33-12-19(32)18-3-2-15(23)9-27-18/h2-3,8-11,16,19,26,32H,4-7,12,25H2,1H3/b29-13?,30-21+. The molecule has 4 heterocycles. The number of hydrogen-bond donors (Lipinski definition) is 3. The molecule has 1 aliphatic heterocycles.